The van der Waals surface area contributed by atoms with Gasteiger partial charge in [0.2, 0.25) is 5.91 Å². The molecule has 4 nitrogen and oxygen atoms in total. The summed E-state index contributed by atoms with van der Waals surface area (Å²) in [5.74, 6) is 0.469. The Balaban J connectivity index is 1.76. The van der Waals surface area contributed by atoms with Crippen molar-refractivity contribution in [3.63, 3.8) is 0 Å². The maximum absolute atomic E-state index is 12.2. The highest BCUT2D eigenvalue weighted by Crippen LogP contribution is 2.37. The van der Waals surface area contributed by atoms with Crippen LogP contribution in [0.4, 0.5) is 0 Å². The Morgan fingerprint density at radius 3 is 2.65 bits per heavy atom. The molecule has 2 atom stereocenters. The molecule has 0 radical (unpaired) electrons. The maximum atomic E-state index is 12.2. The molecule has 128 valence electrons. The highest BCUT2D eigenvalue weighted by atomic mass is 32.1. The number of hydrogen-bond acceptors (Lipinski definition) is 3. The first-order valence-electron chi connectivity index (χ1n) is 8.49. The summed E-state index contributed by atoms with van der Waals surface area (Å²) in [4.78, 5) is 24.7. The summed E-state index contributed by atoms with van der Waals surface area (Å²) < 4.78 is 0. The number of carbonyl (C=O) groups is 2. The van der Waals surface area contributed by atoms with Crippen LogP contribution in [-0.2, 0) is 4.79 Å². The number of amides is 2. The second-order valence-corrected chi connectivity index (χ2v) is 8.36. The van der Waals surface area contributed by atoms with Crippen molar-refractivity contribution in [2.24, 2.45) is 11.3 Å². The Morgan fingerprint density at radius 2 is 2.00 bits per heavy atom. The number of thiophene rings is 1. The molecule has 0 aromatic carbocycles. The van der Waals surface area contributed by atoms with Gasteiger partial charge in [0.1, 0.15) is 0 Å². The minimum atomic E-state index is -0.0990. The molecule has 0 bridgehead atoms. The van der Waals surface area contributed by atoms with Gasteiger partial charge in [-0.1, -0.05) is 39.7 Å². The lowest BCUT2D eigenvalue weighted by Gasteiger charge is -2.40. The van der Waals surface area contributed by atoms with Crippen LogP contribution in [-0.4, -0.2) is 24.4 Å². The minimum absolute atomic E-state index is 0.0395. The van der Waals surface area contributed by atoms with Gasteiger partial charge in [-0.05, 0) is 35.6 Å². The molecule has 1 aromatic rings. The van der Waals surface area contributed by atoms with E-state index >= 15 is 0 Å². The van der Waals surface area contributed by atoms with Gasteiger partial charge in [0.05, 0.1) is 4.88 Å². The summed E-state index contributed by atoms with van der Waals surface area (Å²) in [6.45, 7) is 7.14. The van der Waals surface area contributed by atoms with E-state index in [1.807, 2.05) is 11.4 Å². The highest BCUT2D eigenvalue weighted by molar-refractivity contribution is 7.12. The predicted octanol–water partition coefficient (Wildman–Crippen LogP) is 3.59. The fourth-order valence-corrected chi connectivity index (χ4v) is 4.04. The van der Waals surface area contributed by atoms with Crippen molar-refractivity contribution in [2.75, 3.05) is 6.54 Å². The monoisotopic (exact) mass is 336 g/mol. The van der Waals surface area contributed by atoms with Crippen molar-refractivity contribution in [1.82, 2.24) is 10.6 Å². The number of rotatable bonds is 5. The van der Waals surface area contributed by atoms with E-state index in [1.54, 1.807) is 6.07 Å². The van der Waals surface area contributed by atoms with Crippen LogP contribution < -0.4 is 10.6 Å². The average molecular weight is 337 g/mol. The van der Waals surface area contributed by atoms with Crippen molar-refractivity contribution < 1.29 is 9.59 Å². The first-order chi connectivity index (χ1) is 10.9. The molecule has 1 saturated carbocycles. The Kier molecular flexibility index (Phi) is 6.22. The van der Waals surface area contributed by atoms with Crippen LogP contribution in [0.3, 0.4) is 0 Å². The Labute approximate surface area is 143 Å². The average Bonchev–Trinajstić information content (AvgIpc) is 3.01. The second kappa shape index (κ2) is 7.95. The van der Waals surface area contributed by atoms with Crippen LogP contribution in [0.2, 0.25) is 0 Å². The lowest BCUT2D eigenvalue weighted by molar-refractivity contribution is -0.122. The summed E-state index contributed by atoms with van der Waals surface area (Å²) >= 11 is 1.41. The molecule has 2 N–H and O–H groups in total. The zero-order valence-electron chi connectivity index (χ0n) is 14.4. The van der Waals surface area contributed by atoms with Gasteiger partial charge >= 0.3 is 0 Å². The van der Waals surface area contributed by atoms with Crippen LogP contribution in [0.15, 0.2) is 17.5 Å². The summed E-state index contributed by atoms with van der Waals surface area (Å²) in [5, 5.41) is 7.87. The third kappa shape index (κ3) is 5.34. The molecule has 2 amide bonds. The zero-order chi connectivity index (χ0) is 16.9. The molecular weight excluding hydrogens is 308 g/mol. The molecule has 5 heteroatoms. The van der Waals surface area contributed by atoms with Crippen LogP contribution in [0.25, 0.3) is 0 Å². The van der Waals surface area contributed by atoms with E-state index in [0.29, 0.717) is 23.8 Å². The van der Waals surface area contributed by atoms with E-state index in [4.69, 9.17) is 0 Å². The summed E-state index contributed by atoms with van der Waals surface area (Å²) in [6.07, 6.45) is 5.03. The van der Waals surface area contributed by atoms with Crippen molar-refractivity contribution in [2.45, 2.75) is 58.9 Å². The largest absolute Gasteiger partial charge is 0.353 e. The van der Waals surface area contributed by atoms with Crippen molar-refractivity contribution in [3.05, 3.63) is 22.4 Å². The van der Waals surface area contributed by atoms with Gasteiger partial charge in [-0.3, -0.25) is 9.59 Å². The van der Waals surface area contributed by atoms with Crippen molar-refractivity contribution in [1.29, 1.82) is 0 Å². The first kappa shape index (κ1) is 18.0. The maximum Gasteiger partial charge on any atom is 0.261 e. The lowest BCUT2D eigenvalue weighted by Crippen LogP contribution is -2.47. The van der Waals surface area contributed by atoms with Gasteiger partial charge in [-0.25, -0.2) is 0 Å². The van der Waals surface area contributed by atoms with Crippen LogP contribution in [0.1, 0.15) is 62.5 Å². The highest BCUT2D eigenvalue weighted by Gasteiger charge is 2.34. The fourth-order valence-electron chi connectivity index (χ4n) is 3.40. The molecule has 1 aromatic heterocycles. The standard InChI is InChI=1S/C18H28N2O2S/c1-18(2,3)13-7-4-5-8-14(13)20-16(21)10-11-19-17(22)15-9-6-12-23-15/h6,9,12-14H,4-5,7-8,10-11H2,1-3H3,(H,19,22)(H,20,21). The number of carbonyl (C=O) groups excluding carboxylic acids is 2. The summed E-state index contributed by atoms with van der Waals surface area (Å²) in [7, 11) is 0. The topological polar surface area (TPSA) is 58.2 Å². The summed E-state index contributed by atoms with van der Waals surface area (Å²) in [6, 6.07) is 3.90. The Hall–Kier alpha value is -1.36. The van der Waals surface area contributed by atoms with E-state index in [-0.39, 0.29) is 23.3 Å². The third-order valence-corrected chi connectivity index (χ3v) is 5.48. The molecule has 2 unspecified atom stereocenters. The second-order valence-electron chi connectivity index (χ2n) is 7.41. The molecule has 0 spiro atoms. The van der Waals surface area contributed by atoms with Crippen LogP contribution >= 0.6 is 11.3 Å². The van der Waals surface area contributed by atoms with Crippen LogP contribution in [0.5, 0.6) is 0 Å². The lowest BCUT2D eigenvalue weighted by atomic mass is 9.69. The Bertz CT molecular complexity index is 520. The quantitative estimate of drug-likeness (QED) is 0.863. The van der Waals surface area contributed by atoms with Gasteiger partial charge in [0.25, 0.3) is 5.91 Å². The Morgan fingerprint density at radius 1 is 1.26 bits per heavy atom. The van der Waals surface area contributed by atoms with E-state index in [0.717, 1.165) is 6.42 Å². The molecule has 0 saturated heterocycles. The molecule has 1 heterocycles. The van der Waals surface area contributed by atoms with E-state index in [2.05, 4.69) is 31.4 Å². The fraction of sp³-hybridized carbons (Fsp3) is 0.667. The van der Waals surface area contributed by atoms with Gasteiger partial charge in [-0.15, -0.1) is 11.3 Å². The van der Waals surface area contributed by atoms with Gasteiger partial charge in [0, 0.05) is 19.0 Å². The zero-order valence-corrected chi connectivity index (χ0v) is 15.2. The van der Waals surface area contributed by atoms with Gasteiger partial charge in [0.15, 0.2) is 0 Å². The van der Waals surface area contributed by atoms with Crippen molar-refractivity contribution >= 4 is 23.2 Å². The molecule has 23 heavy (non-hydrogen) atoms. The molecule has 1 aliphatic carbocycles. The smallest absolute Gasteiger partial charge is 0.261 e. The number of hydrogen-bond donors (Lipinski definition) is 2. The molecule has 1 aliphatic rings. The number of nitrogens with one attached hydrogen (secondary N) is 2. The molecule has 1 fully saturated rings. The normalized spacial score (nSPS) is 21.7. The van der Waals surface area contributed by atoms with Gasteiger partial charge in [-0.2, -0.15) is 0 Å². The third-order valence-electron chi connectivity index (χ3n) is 4.61. The van der Waals surface area contributed by atoms with Crippen LogP contribution in [0, 0.1) is 11.3 Å². The SMILES string of the molecule is CC(C)(C)C1CCCCC1NC(=O)CCNC(=O)c1cccs1. The van der Waals surface area contributed by atoms with E-state index in [9.17, 15) is 9.59 Å². The summed E-state index contributed by atoms with van der Waals surface area (Å²) in [5.41, 5.74) is 0.214. The molecular formula is C18H28N2O2S. The molecule has 2 rings (SSSR count). The van der Waals surface area contributed by atoms with E-state index in [1.165, 1.54) is 30.6 Å². The van der Waals surface area contributed by atoms with E-state index < -0.39 is 0 Å². The first-order valence-corrected chi connectivity index (χ1v) is 9.37. The van der Waals surface area contributed by atoms with Crippen molar-refractivity contribution in [3.8, 4) is 0 Å². The minimum Gasteiger partial charge on any atom is -0.353 e. The predicted molar refractivity (Wildman–Crippen MR) is 94.6 cm³/mol. The van der Waals surface area contributed by atoms with Gasteiger partial charge < -0.3 is 10.6 Å². The molecule has 0 aliphatic heterocycles.